The average Bonchev–Trinajstić information content (AvgIpc) is 2.43. The maximum atomic E-state index is 12.9. The molecule has 22 heavy (non-hydrogen) atoms. The highest BCUT2D eigenvalue weighted by atomic mass is 19.4. The van der Waals surface area contributed by atoms with Gasteiger partial charge in [0.15, 0.2) is 0 Å². The molecule has 3 nitrogen and oxygen atoms in total. The Morgan fingerprint density at radius 3 is 2.32 bits per heavy atom. The van der Waals surface area contributed by atoms with Crippen molar-refractivity contribution < 1.29 is 28.1 Å². The van der Waals surface area contributed by atoms with Crippen molar-refractivity contribution in [3.8, 4) is 5.75 Å². The molecule has 2 N–H and O–H groups in total. The number of rotatable bonds is 7. The smallest absolute Gasteiger partial charge is 0.416 e. The van der Waals surface area contributed by atoms with Crippen LogP contribution in [-0.4, -0.2) is 29.0 Å². The fraction of sp³-hybridized carbons (Fsp3) is 0.625. The fourth-order valence-corrected chi connectivity index (χ4v) is 2.14. The van der Waals surface area contributed by atoms with Gasteiger partial charge in [-0.1, -0.05) is 13.8 Å². The Bertz CT molecular complexity index is 472. The maximum Gasteiger partial charge on any atom is 0.416 e. The molecule has 1 rings (SSSR count). The molecule has 0 aromatic heterocycles. The average molecular weight is 320 g/mol. The van der Waals surface area contributed by atoms with Crippen LogP contribution < -0.4 is 4.74 Å². The molecule has 0 amide bonds. The zero-order valence-electron chi connectivity index (χ0n) is 13.0. The third kappa shape index (κ3) is 5.18. The predicted molar refractivity (Wildman–Crippen MR) is 77.9 cm³/mol. The van der Waals surface area contributed by atoms with Crippen LogP contribution in [0.4, 0.5) is 13.2 Å². The van der Waals surface area contributed by atoms with E-state index in [1.165, 1.54) is 13.0 Å². The van der Waals surface area contributed by atoms with Gasteiger partial charge in [0.2, 0.25) is 0 Å². The minimum Gasteiger partial charge on any atom is -0.493 e. The third-order valence-corrected chi connectivity index (χ3v) is 3.48. The molecular formula is C16H23F3O3. The molecule has 0 radical (unpaired) electrons. The first-order chi connectivity index (χ1) is 10.2. The zero-order chi connectivity index (χ0) is 16.9. The van der Waals surface area contributed by atoms with Crippen molar-refractivity contribution in [1.82, 2.24) is 0 Å². The van der Waals surface area contributed by atoms with Crippen LogP contribution in [0.3, 0.4) is 0 Å². The van der Waals surface area contributed by atoms with Crippen molar-refractivity contribution in [2.75, 3.05) is 6.61 Å². The second-order valence-electron chi connectivity index (χ2n) is 5.54. The van der Waals surface area contributed by atoms with E-state index >= 15 is 0 Å². The van der Waals surface area contributed by atoms with E-state index in [-0.39, 0.29) is 12.3 Å². The van der Waals surface area contributed by atoms with Crippen LogP contribution in [0.15, 0.2) is 18.2 Å². The lowest BCUT2D eigenvalue weighted by molar-refractivity contribution is -0.137. The molecule has 0 saturated carbocycles. The van der Waals surface area contributed by atoms with E-state index in [1.807, 2.05) is 6.92 Å². The van der Waals surface area contributed by atoms with Gasteiger partial charge in [-0.15, -0.1) is 0 Å². The lowest BCUT2D eigenvalue weighted by Gasteiger charge is -2.22. The normalized spacial score (nSPS) is 16.2. The van der Waals surface area contributed by atoms with Crippen molar-refractivity contribution in [3.05, 3.63) is 29.3 Å². The number of benzene rings is 1. The van der Waals surface area contributed by atoms with Crippen LogP contribution in [0.5, 0.6) is 5.75 Å². The largest absolute Gasteiger partial charge is 0.493 e. The van der Waals surface area contributed by atoms with Gasteiger partial charge in [-0.2, -0.15) is 13.2 Å². The first-order valence-electron chi connectivity index (χ1n) is 7.36. The molecule has 1 aromatic rings. The van der Waals surface area contributed by atoms with Crippen molar-refractivity contribution in [2.24, 2.45) is 0 Å². The number of aliphatic hydroxyl groups is 2. The second kappa shape index (κ2) is 7.83. The van der Waals surface area contributed by atoms with E-state index < -0.39 is 23.9 Å². The number of hydrogen-bond acceptors (Lipinski definition) is 3. The quantitative estimate of drug-likeness (QED) is 0.805. The van der Waals surface area contributed by atoms with Crippen LogP contribution >= 0.6 is 0 Å². The van der Waals surface area contributed by atoms with Gasteiger partial charge < -0.3 is 14.9 Å². The Hall–Kier alpha value is -1.27. The molecule has 6 heteroatoms. The van der Waals surface area contributed by atoms with Crippen LogP contribution in [0, 0.1) is 0 Å². The first kappa shape index (κ1) is 18.8. The molecule has 0 saturated heterocycles. The summed E-state index contributed by atoms with van der Waals surface area (Å²) in [6, 6.07) is 3.37. The molecule has 1 aromatic carbocycles. The fourth-order valence-electron chi connectivity index (χ4n) is 2.14. The molecule has 0 fully saturated rings. The number of alkyl halides is 3. The van der Waals surface area contributed by atoms with Crippen molar-refractivity contribution in [3.63, 3.8) is 0 Å². The third-order valence-electron chi connectivity index (χ3n) is 3.48. The topological polar surface area (TPSA) is 49.7 Å². The monoisotopic (exact) mass is 320 g/mol. The molecule has 0 aliphatic rings. The lowest BCUT2D eigenvalue weighted by atomic mass is 9.91. The Morgan fingerprint density at radius 2 is 1.82 bits per heavy atom. The van der Waals surface area contributed by atoms with Crippen molar-refractivity contribution in [2.45, 2.75) is 57.9 Å². The lowest BCUT2D eigenvalue weighted by Crippen LogP contribution is -2.24. The summed E-state index contributed by atoms with van der Waals surface area (Å²) in [4.78, 5) is 0. The minimum atomic E-state index is -4.43. The van der Waals surface area contributed by atoms with Gasteiger partial charge in [0.05, 0.1) is 24.4 Å². The standard InChI is InChI=1S/C16H23F3O3/c1-4-7-22-15-6-5-12(16(17,18)19)9-13(15)10(2)8-14(21)11(3)20/h5-6,9-11,14,20-21H,4,7-8H2,1-3H3. The van der Waals surface area contributed by atoms with E-state index in [2.05, 4.69) is 0 Å². The summed E-state index contributed by atoms with van der Waals surface area (Å²) in [5, 5.41) is 19.1. The van der Waals surface area contributed by atoms with Gasteiger partial charge in [0.1, 0.15) is 5.75 Å². The predicted octanol–water partition coefficient (Wildman–Crippen LogP) is 3.73. The molecule has 0 aliphatic carbocycles. The molecule has 3 unspecified atom stereocenters. The first-order valence-corrected chi connectivity index (χ1v) is 7.36. The zero-order valence-corrected chi connectivity index (χ0v) is 13.0. The van der Waals surface area contributed by atoms with Crippen LogP contribution in [0.25, 0.3) is 0 Å². The van der Waals surface area contributed by atoms with E-state index in [9.17, 15) is 23.4 Å². The molecule has 0 aliphatic heterocycles. The van der Waals surface area contributed by atoms with Crippen molar-refractivity contribution >= 4 is 0 Å². The van der Waals surface area contributed by atoms with Gasteiger partial charge in [0, 0.05) is 0 Å². The van der Waals surface area contributed by atoms with Crippen LogP contribution in [0.2, 0.25) is 0 Å². The number of halogens is 3. The Balaban J connectivity index is 3.09. The van der Waals surface area contributed by atoms with Gasteiger partial charge in [-0.05, 0) is 49.4 Å². The van der Waals surface area contributed by atoms with E-state index in [0.717, 1.165) is 18.6 Å². The summed E-state index contributed by atoms with van der Waals surface area (Å²) >= 11 is 0. The molecule has 126 valence electrons. The SMILES string of the molecule is CCCOc1ccc(C(F)(F)F)cc1C(C)CC(O)C(C)O. The van der Waals surface area contributed by atoms with Gasteiger partial charge in [-0.25, -0.2) is 0 Å². The summed E-state index contributed by atoms with van der Waals surface area (Å²) in [5.74, 6) is 0.0129. The maximum absolute atomic E-state index is 12.9. The Labute approximate surface area is 128 Å². The van der Waals surface area contributed by atoms with Crippen LogP contribution in [0.1, 0.15) is 50.7 Å². The van der Waals surface area contributed by atoms with E-state index in [0.29, 0.717) is 17.9 Å². The number of hydrogen-bond donors (Lipinski definition) is 2. The van der Waals surface area contributed by atoms with Gasteiger partial charge >= 0.3 is 6.18 Å². The summed E-state index contributed by atoms with van der Waals surface area (Å²) in [5.41, 5.74) is -0.354. The van der Waals surface area contributed by atoms with E-state index in [1.54, 1.807) is 6.92 Å². The second-order valence-corrected chi connectivity index (χ2v) is 5.54. The number of ether oxygens (including phenoxy) is 1. The minimum absolute atomic E-state index is 0.154. The summed E-state index contributed by atoms with van der Waals surface area (Å²) < 4.78 is 44.1. The summed E-state index contributed by atoms with van der Waals surface area (Å²) in [7, 11) is 0. The highest BCUT2D eigenvalue weighted by Gasteiger charge is 2.32. The van der Waals surface area contributed by atoms with Gasteiger partial charge in [-0.3, -0.25) is 0 Å². The molecular weight excluding hydrogens is 297 g/mol. The summed E-state index contributed by atoms with van der Waals surface area (Å²) in [6.07, 6.45) is -5.47. The molecule has 0 spiro atoms. The highest BCUT2D eigenvalue weighted by molar-refractivity contribution is 5.40. The summed E-state index contributed by atoms with van der Waals surface area (Å²) in [6.45, 7) is 5.46. The molecule has 0 bridgehead atoms. The molecule has 0 heterocycles. The van der Waals surface area contributed by atoms with Crippen molar-refractivity contribution in [1.29, 1.82) is 0 Å². The van der Waals surface area contributed by atoms with Gasteiger partial charge in [0.25, 0.3) is 0 Å². The number of aliphatic hydroxyl groups excluding tert-OH is 2. The Kier molecular flexibility index (Phi) is 6.68. The highest BCUT2D eigenvalue weighted by Crippen LogP contribution is 2.37. The molecule has 3 atom stereocenters. The van der Waals surface area contributed by atoms with Crippen LogP contribution in [-0.2, 0) is 6.18 Å². The Morgan fingerprint density at radius 1 is 1.18 bits per heavy atom. The van der Waals surface area contributed by atoms with E-state index in [4.69, 9.17) is 4.74 Å².